The highest BCUT2D eigenvalue weighted by atomic mass is 32.2. The third-order valence-corrected chi connectivity index (χ3v) is 3.68. The van der Waals surface area contributed by atoms with Gasteiger partial charge in [0.05, 0.1) is 6.54 Å². The lowest BCUT2D eigenvalue weighted by molar-refractivity contribution is -0.120. The molecule has 0 aliphatic heterocycles. The SMILES string of the molecule is CCC(CC)NC(=O)CNc1ccccc1SC(F)F. The van der Waals surface area contributed by atoms with Crippen LogP contribution in [0, 0.1) is 0 Å². The minimum absolute atomic E-state index is 0.0807. The van der Waals surface area contributed by atoms with Crippen molar-refractivity contribution in [1.82, 2.24) is 5.32 Å². The maximum Gasteiger partial charge on any atom is 0.288 e. The summed E-state index contributed by atoms with van der Waals surface area (Å²) in [5, 5.41) is 5.80. The van der Waals surface area contributed by atoms with Gasteiger partial charge in [-0.25, -0.2) is 0 Å². The van der Waals surface area contributed by atoms with Gasteiger partial charge in [0.25, 0.3) is 5.76 Å². The van der Waals surface area contributed by atoms with E-state index >= 15 is 0 Å². The standard InChI is InChI=1S/C14H20F2N2OS/c1-3-10(4-2)18-13(19)9-17-11-7-5-6-8-12(11)20-14(15)16/h5-8,10,14,17H,3-4,9H2,1-2H3,(H,18,19). The second-order valence-electron chi connectivity index (χ2n) is 4.31. The number of benzene rings is 1. The van der Waals surface area contributed by atoms with Crippen molar-refractivity contribution in [3.63, 3.8) is 0 Å². The number of nitrogens with one attached hydrogen (secondary N) is 2. The van der Waals surface area contributed by atoms with Crippen LogP contribution in [0.1, 0.15) is 26.7 Å². The van der Waals surface area contributed by atoms with E-state index in [1.807, 2.05) is 13.8 Å². The molecular formula is C14H20F2N2OS. The Labute approximate surface area is 122 Å². The first-order valence-corrected chi connectivity index (χ1v) is 7.51. The van der Waals surface area contributed by atoms with Crippen LogP contribution in [-0.2, 0) is 4.79 Å². The van der Waals surface area contributed by atoms with Gasteiger partial charge in [0.15, 0.2) is 0 Å². The molecule has 0 heterocycles. The molecule has 0 saturated heterocycles. The second-order valence-corrected chi connectivity index (χ2v) is 5.34. The smallest absolute Gasteiger partial charge is 0.288 e. The van der Waals surface area contributed by atoms with E-state index < -0.39 is 5.76 Å². The van der Waals surface area contributed by atoms with E-state index in [1.165, 1.54) is 0 Å². The van der Waals surface area contributed by atoms with Gasteiger partial charge in [0.1, 0.15) is 0 Å². The first-order chi connectivity index (χ1) is 9.56. The molecule has 0 aliphatic carbocycles. The molecule has 1 rings (SSSR count). The van der Waals surface area contributed by atoms with E-state index in [9.17, 15) is 13.6 Å². The maximum atomic E-state index is 12.4. The van der Waals surface area contributed by atoms with Crippen LogP contribution in [0.3, 0.4) is 0 Å². The molecule has 2 N–H and O–H groups in total. The quantitative estimate of drug-likeness (QED) is 0.719. The number of carbonyl (C=O) groups is 1. The van der Waals surface area contributed by atoms with Crippen molar-refractivity contribution < 1.29 is 13.6 Å². The van der Waals surface area contributed by atoms with Crippen LogP contribution in [0.2, 0.25) is 0 Å². The molecule has 1 aromatic carbocycles. The fraction of sp³-hybridized carbons (Fsp3) is 0.500. The molecule has 0 saturated carbocycles. The van der Waals surface area contributed by atoms with Crippen molar-refractivity contribution in [3.05, 3.63) is 24.3 Å². The highest BCUT2D eigenvalue weighted by Gasteiger charge is 2.11. The first kappa shape index (κ1) is 16.8. The molecule has 6 heteroatoms. The van der Waals surface area contributed by atoms with Crippen LogP contribution in [0.4, 0.5) is 14.5 Å². The lowest BCUT2D eigenvalue weighted by Gasteiger charge is -2.16. The molecule has 0 fully saturated rings. The van der Waals surface area contributed by atoms with E-state index in [1.54, 1.807) is 24.3 Å². The second kappa shape index (κ2) is 8.79. The van der Waals surface area contributed by atoms with E-state index in [-0.39, 0.29) is 18.5 Å². The molecule has 0 radical (unpaired) electrons. The molecule has 0 aliphatic rings. The summed E-state index contributed by atoms with van der Waals surface area (Å²) in [5.41, 5.74) is 0.553. The Morgan fingerprint density at radius 1 is 1.25 bits per heavy atom. The molecule has 112 valence electrons. The number of anilines is 1. The zero-order chi connectivity index (χ0) is 15.0. The van der Waals surface area contributed by atoms with E-state index in [2.05, 4.69) is 10.6 Å². The predicted octanol–water partition coefficient (Wildman–Crippen LogP) is 3.72. The molecule has 1 aromatic rings. The number of para-hydroxylation sites is 1. The molecule has 0 atom stereocenters. The topological polar surface area (TPSA) is 41.1 Å². The van der Waals surface area contributed by atoms with Crippen LogP contribution in [0.25, 0.3) is 0 Å². The van der Waals surface area contributed by atoms with Crippen molar-refractivity contribution in [3.8, 4) is 0 Å². The summed E-state index contributed by atoms with van der Waals surface area (Å²) in [5.74, 6) is -2.60. The van der Waals surface area contributed by atoms with Crippen molar-refractivity contribution in [2.24, 2.45) is 0 Å². The van der Waals surface area contributed by atoms with Gasteiger partial charge in [0, 0.05) is 16.6 Å². The van der Waals surface area contributed by atoms with Gasteiger partial charge in [-0.15, -0.1) is 0 Å². The Balaban J connectivity index is 2.54. The lowest BCUT2D eigenvalue weighted by atomic mass is 10.2. The first-order valence-electron chi connectivity index (χ1n) is 6.63. The maximum absolute atomic E-state index is 12.4. The highest BCUT2D eigenvalue weighted by molar-refractivity contribution is 7.99. The Morgan fingerprint density at radius 3 is 2.50 bits per heavy atom. The number of hydrogen-bond acceptors (Lipinski definition) is 3. The third-order valence-electron chi connectivity index (χ3n) is 2.89. The van der Waals surface area contributed by atoms with E-state index in [0.29, 0.717) is 22.3 Å². The van der Waals surface area contributed by atoms with Crippen LogP contribution < -0.4 is 10.6 Å². The third kappa shape index (κ3) is 5.77. The van der Waals surface area contributed by atoms with Crippen molar-refractivity contribution >= 4 is 23.4 Å². The number of amides is 1. The monoisotopic (exact) mass is 302 g/mol. The molecule has 1 amide bonds. The average molecular weight is 302 g/mol. The number of carbonyl (C=O) groups excluding carboxylic acids is 1. The molecule has 0 bridgehead atoms. The molecular weight excluding hydrogens is 282 g/mol. The van der Waals surface area contributed by atoms with Gasteiger partial charge in [-0.2, -0.15) is 8.78 Å². The molecule has 3 nitrogen and oxygen atoms in total. The fourth-order valence-corrected chi connectivity index (χ4v) is 2.37. The van der Waals surface area contributed by atoms with Crippen LogP contribution in [-0.4, -0.2) is 24.3 Å². The number of hydrogen-bond donors (Lipinski definition) is 2. The summed E-state index contributed by atoms with van der Waals surface area (Å²) in [6.45, 7) is 4.10. The van der Waals surface area contributed by atoms with Gasteiger partial charge < -0.3 is 10.6 Å². The number of halogens is 2. The van der Waals surface area contributed by atoms with Gasteiger partial charge in [-0.05, 0) is 25.0 Å². The Kier molecular flexibility index (Phi) is 7.36. The molecule has 0 spiro atoms. The zero-order valence-electron chi connectivity index (χ0n) is 11.7. The normalized spacial score (nSPS) is 10.9. The minimum atomic E-state index is -2.48. The summed E-state index contributed by atoms with van der Waals surface area (Å²) in [7, 11) is 0. The Morgan fingerprint density at radius 2 is 1.90 bits per heavy atom. The summed E-state index contributed by atoms with van der Waals surface area (Å²) in [6.07, 6.45) is 1.75. The van der Waals surface area contributed by atoms with Crippen LogP contribution in [0.5, 0.6) is 0 Å². The van der Waals surface area contributed by atoms with Gasteiger partial charge in [-0.3, -0.25) is 4.79 Å². The summed E-state index contributed by atoms with van der Waals surface area (Å²) in [4.78, 5) is 12.2. The highest BCUT2D eigenvalue weighted by Crippen LogP contribution is 2.31. The lowest BCUT2D eigenvalue weighted by Crippen LogP contribution is -2.37. The van der Waals surface area contributed by atoms with E-state index in [0.717, 1.165) is 12.8 Å². The van der Waals surface area contributed by atoms with Crippen LogP contribution in [0.15, 0.2) is 29.2 Å². The largest absolute Gasteiger partial charge is 0.375 e. The van der Waals surface area contributed by atoms with Gasteiger partial charge >= 0.3 is 0 Å². The Bertz CT molecular complexity index is 425. The summed E-state index contributed by atoms with van der Waals surface area (Å²) in [6, 6.07) is 6.90. The molecule has 0 unspecified atom stereocenters. The predicted molar refractivity (Wildman–Crippen MR) is 79.3 cm³/mol. The van der Waals surface area contributed by atoms with Gasteiger partial charge in [-0.1, -0.05) is 37.7 Å². The van der Waals surface area contributed by atoms with Crippen molar-refractivity contribution in [2.45, 2.75) is 43.4 Å². The number of thioether (sulfide) groups is 1. The minimum Gasteiger partial charge on any atom is -0.375 e. The number of rotatable bonds is 8. The van der Waals surface area contributed by atoms with Crippen molar-refractivity contribution in [1.29, 1.82) is 0 Å². The number of alkyl halides is 2. The summed E-state index contributed by atoms with van der Waals surface area (Å²) < 4.78 is 24.8. The summed E-state index contributed by atoms with van der Waals surface area (Å²) >= 11 is 0.472. The van der Waals surface area contributed by atoms with Gasteiger partial charge in [0.2, 0.25) is 5.91 Å². The average Bonchev–Trinajstić information content (AvgIpc) is 2.43. The molecule has 0 aromatic heterocycles. The fourth-order valence-electron chi connectivity index (χ4n) is 1.76. The van der Waals surface area contributed by atoms with Crippen molar-refractivity contribution in [2.75, 3.05) is 11.9 Å². The molecule has 20 heavy (non-hydrogen) atoms. The van der Waals surface area contributed by atoms with E-state index in [4.69, 9.17) is 0 Å². The van der Waals surface area contributed by atoms with Crippen LogP contribution >= 0.6 is 11.8 Å². The Hall–Kier alpha value is -1.30. The zero-order valence-corrected chi connectivity index (χ0v) is 12.5.